The molecule has 0 unspecified atom stereocenters. The van der Waals surface area contributed by atoms with Crippen LogP contribution in [0.4, 0.5) is 32.2 Å². The lowest BCUT2D eigenvalue weighted by Crippen LogP contribution is -2.59. The van der Waals surface area contributed by atoms with Crippen molar-refractivity contribution in [1.82, 2.24) is 14.8 Å². The summed E-state index contributed by atoms with van der Waals surface area (Å²) < 4.78 is 83.6. The third kappa shape index (κ3) is 3.90. The van der Waals surface area contributed by atoms with Crippen molar-refractivity contribution in [2.75, 3.05) is 5.32 Å². The maximum Gasteiger partial charge on any atom is 0.388 e. The molecule has 1 N–H and O–H groups in total. The van der Waals surface area contributed by atoms with Gasteiger partial charge in [-0.1, -0.05) is 6.42 Å². The lowest BCUT2D eigenvalue weighted by molar-refractivity contribution is -0.313. The van der Waals surface area contributed by atoms with Gasteiger partial charge >= 0.3 is 18.5 Å². The number of hydrogen-bond acceptors (Lipinski definition) is 4. The van der Waals surface area contributed by atoms with E-state index in [2.05, 4.69) is 20.1 Å². The number of pyridine rings is 1. The molecule has 0 bridgehead atoms. The highest BCUT2D eigenvalue weighted by atomic mass is 19.3. The van der Waals surface area contributed by atoms with Gasteiger partial charge in [0.25, 0.3) is 0 Å². The fraction of sp³-hybridized carbons (Fsp3) is 0.550. The van der Waals surface area contributed by atoms with Crippen molar-refractivity contribution < 1.29 is 35.9 Å². The largest absolute Gasteiger partial charge is 0.417 e. The van der Waals surface area contributed by atoms with Crippen LogP contribution in [0.2, 0.25) is 0 Å². The third-order valence-corrected chi connectivity index (χ3v) is 6.01. The summed E-state index contributed by atoms with van der Waals surface area (Å²) in [6.07, 6.45) is 2.12. The summed E-state index contributed by atoms with van der Waals surface area (Å²) in [6.45, 7) is -3.01. The van der Waals surface area contributed by atoms with E-state index in [0.29, 0.717) is 16.8 Å². The number of anilines is 1. The monoisotopic (exact) mass is 462 g/mol. The number of ether oxygens (including phenoxy) is 1. The summed E-state index contributed by atoms with van der Waals surface area (Å²) in [7, 11) is 1.61. The average molecular weight is 462 g/mol. The highest BCUT2D eigenvalue weighted by Gasteiger charge is 2.71. The Hall–Kier alpha value is -2.79. The van der Waals surface area contributed by atoms with Gasteiger partial charge in [0.15, 0.2) is 5.82 Å². The van der Waals surface area contributed by atoms with Gasteiger partial charge in [-0.3, -0.25) is 9.48 Å². The lowest BCUT2D eigenvalue weighted by Gasteiger charge is -2.43. The second-order valence-corrected chi connectivity index (χ2v) is 8.11. The second kappa shape index (κ2) is 7.96. The van der Waals surface area contributed by atoms with E-state index in [1.54, 1.807) is 7.05 Å². The van der Waals surface area contributed by atoms with Crippen molar-refractivity contribution in [2.45, 2.75) is 56.5 Å². The van der Waals surface area contributed by atoms with Crippen molar-refractivity contribution in [3.8, 4) is 17.1 Å². The van der Waals surface area contributed by atoms with Gasteiger partial charge in [0.2, 0.25) is 11.8 Å². The van der Waals surface area contributed by atoms with Crippen LogP contribution in [-0.2, 0) is 11.8 Å². The molecule has 32 heavy (non-hydrogen) atoms. The Labute approximate surface area is 179 Å². The van der Waals surface area contributed by atoms with E-state index >= 15 is 0 Å². The van der Waals surface area contributed by atoms with Crippen LogP contribution in [0, 0.1) is 5.92 Å². The van der Waals surface area contributed by atoms with Gasteiger partial charge in [0.05, 0.1) is 5.69 Å². The number of aryl methyl sites for hydroxylation is 1. The van der Waals surface area contributed by atoms with E-state index in [1.165, 1.54) is 23.0 Å². The van der Waals surface area contributed by atoms with Crippen LogP contribution < -0.4 is 10.1 Å². The number of hydrogen-bond donors (Lipinski definition) is 1. The number of halogens is 6. The van der Waals surface area contributed by atoms with Crippen LogP contribution >= 0.6 is 0 Å². The van der Waals surface area contributed by atoms with E-state index in [-0.39, 0.29) is 17.6 Å². The van der Waals surface area contributed by atoms with Gasteiger partial charge in [0.1, 0.15) is 0 Å². The summed E-state index contributed by atoms with van der Waals surface area (Å²) in [5.74, 6) is -10.9. The van der Waals surface area contributed by atoms with E-state index in [1.807, 2.05) is 0 Å². The highest BCUT2D eigenvalue weighted by Crippen LogP contribution is 2.56. The Bertz CT molecular complexity index is 1000. The van der Waals surface area contributed by atoms with E-state index in [9.17, 15) is 31.1 Å². The zero-order chi connectivity index (χ0) is 23.3. The number of aromatic nitrogens is 3. The first-order chi connectivity index (χ1) is 15.0. The number of carbonyl (C=O) groups excluding carboxylic acids is 1. The number of amides is 1. The van der Waals surface area contributed by atoms with Crippen molar-refractivity contribution >= 4 is 11.7 Å². The first-order valence-corrected chi connectivity index (χ1v) is 10.0. The third-order valence-electron chi connectivity index (χ3n) is 6.01. The predicted octanol–water partition coefficient (Wildman–Crippen LogP) is 4.97. The molecular formula is C20H20F6N4O2. The Kier molecular flexibility index (Phi) is 5.58. The molecule has 12 heteroatoms. The van der Waals surface area contributed by atoms with Gasteiger partial charge in [-0.05, 0) is 24.8 Å². The van der Waals surface area contributed by atoms with Crippen LogP contribution in [0.25, 0.3) is 11.3 Å². The van der Waals surface area contributed by atoms with Crippen LogP contribution in [0.15, 0.2) is 18.3 Å². The fourth-order valence-electron chi connectivity index (χ4n) is 4.09. The van der Waals surface area contributed by atoms with Crippen LogP contribution in [0.5, 0.6) is 5.88 Å². The van der Waals surface area contributed by atoms with Gasteiger partial charge in [-0.25, -0.2) is 4.98 Å². The maximum absolute atomic E-state index is 13.5. The fourth-order valence-corrected chi connectivity index (χ4v) is 4.09. The first-order valence-electron chi connectivity index (χ1n) is 10.0. The Morgan fingerprint density at radius 3 is 2.50 bits per heavy atom. The molecule has 2 aromatic heterocycles. The highest BCUT2D eigenvalue weighted by molar-refractivity contribution is 5.92. The summed E-state index contributed by atoms with van der Waals surface area (Å²) in [4.78, 5) is 16.2. The topological polar surface area (TPSA) is 69.0 Å². The SMILES string of the molecule is Cn1nc(NC(=O)C[C@@H]2CC(F)(F)C2(F)F)c(C2CCC2)c1-c1ccc(OC(F)F)nc1. The summed E-state index contributed by atoms with van der Waals surface area (Å²) in [6, 6.07) is 2.79. The molecule has 6 nitrogen and oxygen atoms in total. The zero-order valence-electron chi connectivity index (χ0n) is 16.9. The van der Waals surface area contributed by atoms with Gasteiger partial charge in [-0.15, -0.1) is 0 Å². The molecule has 0 radical (unpaired) electrons. The molecule has 4 rings (SSSR count). The molecule has 174 valence electrons. The standard InChI is InChI=1S/C20H20F6N4O2/c1-30-16(11-5-6-14(27-9-11)32-18(21)22)15(10-3-2-4-10)17(29-30)28-13(31)7-12-8-19(23,24)20(12,25)26/h5-6,9-10,12,18H,2-4,7-8H2,1H3,(H,28,29,31)/t12-/m1/s1. The summed E-state index contributed by atoms with van der Waals surface area (Å²) in [5, 5.41) is 6.79. The molecule has 2 aromatic rings. The number of alkyl halides is 6. The molecule has 0 aromatic carbocycles. The van der Waals surface area contributed by atoms with E-state index in [0.717, 1.165) is 19.3 Å². The average Bonchev–Trinajstić information content (AvgIpc) is 2.95. The van der Waals surface area contributed by atoms with Crippen molar-refractivity contribution in [3.05, 3.63) is 23.9 Å². The van der Waals surface area contributed by atoms with Crippen LogP contribution in [0.3, 0.4) is 0 Å². The molecule has 2 aliphatic carbocycles. The number of carbonyl (C=O) groups is 1. The second-order valence-electron chi connectivity index (χ2n) is 8.11. The quantitative estimate of drug-likeness (QED) is 0.590. The number of nitrogens with zero attached hydrogens (tertiary/aromatic N) is 3. The van der Waals surface area contributed by atoms with Crippen molar-refractivity contribution in [1.29, 1.82) is 0 Å². The Balaban J connectivity index is 1.57. The summed E-state index contributed by atoms with van der Waals surface area (Å²) >= 11 is 0. The normalized spacial score (nSPS) is 21.7. The van der Waals surface area contributed by atoms with Gasteiger partial charge < -0.3 is 10.1 Å². The van der Waals surface area contributed by atoms with E-state index < -0.39 is 43.1 Å². The molecule has 1 atom stereocenters. The smallest absolute Gasteiger partial charge is 0.388 e. The van der Waals surface area contributed by atoms with Crippen molar-refractivity contribution in [3.63, 3.8) is 0 Å². The zero-order valence-corrected chi connectivity index (χ0v) is 16.9. The van der Waals surface area contributed by atoms with Crippen LogP contribution in [0.1, 0.15) is 43.6 Å². The molecular weight excluding hydrogens is 442 g/mol. The minimum absolute atomic E-state index is 0.0421. The molecule has 2 saturated carbocycles. The van der Waals surface area contributed by atoms with Crippen molar-refractivity contribution in [2.24, 2.45) is 13.0 Å². The molecule has 0 spiro atoms. The lowest BCUT2D eigenvalue weighted by atomic mass is 9.74. The maximum atomic E-state index is 13.5. The predicted molar refractivity (Wildman–Crippen MR) is 101 cm³/mol. The molecule has 2 heterocycles. The van der Waals surface area contributed by atoms with Gasteiger partial charge in [-0.2, -0.15) is 31.4 Å². The van der Waals surface area contributed by atoms with Gasteiger partial charge in [0, 0.05) is 49.2 Å². The molecule has 2 fully saturated rings. The Morgan fingerprint density at radius 1 is 1.28 bits per heavy atom. The molecule has 0 saturated heterocycles. The number of nitrogens with one attached hydrogen (secondary N) is 1. The molecule has 0 aliphatic heterocycles. The van der Waals surface area contributed by atoms with E-state index in [4.69, 9.17) is 0 Å². The Morgan fingerprint density at radius 2 is 2.00 bits per heavy atom. The number of rotatable bonds is 7. The minimum Gasteiger partial charge on any atom is -0.417 e. The van der Waals surface area contributed by atoms with Crippen LogP contribution in [-0.4, -0.2) is 39.1 Å². The molecule has 2 aliphatic rings. The summed E-state index contributed by atoms with van der Waals surface area (Å²) in [5.41, 5.74) is 1.79. The minimum atomic E-state index is -4.22. The first kappa shape index (κ1) is 22.4. The molecule has 1 amide bonds.